The van der Waals surface area contributed by atoms with Crippen molar-refractivity contribution in [1.29, 1.82) is 0 Å². The van der Waals surface area contributed by atoms with Crippen molar-refractivity contribution < 1.29 is 5.11 Å². The van der Waals surface area contributed by atoms with Crippen molar-refractivity contribution in [2.24, 2.45) is 11.7 Å². The number of rotatable bonds is 6. The summed E-state index contributed by atoms with van der Waals surface area (Å²) < 4.78 is 0. The van der Waals surface area contributed by atoms with Crippen molar-refractivity contribution in [2.75, 3.05) is 17.2 Å². The van der Waals surface area contributed by atoms with Gasteiger partial charge in [-0.25, -0.2) is 4.98 Å². The number of nitrogens with two attached hydrogens (primary N) is 1. The minimum atomic E-state index is -0.624. The zero-order valence-corrected chi connectivity index (χ0v) is 15.9. The highest BCUT2D eigenvalue weighted by atomic mass is 16.3. The summed E-state index contributed by atoms with van der Waals surface area (Å²) in [7, 11) is 0. The molecule has 0 unspecified atom stereocenters. The summed E-state index contributed by atoms with van der Waals surface area (Å²) in [6.45, 7) is 6.69. The van der Waals surface area contributed by atoms with Gasteiger partial charge in [-0.3, -0.25) is 4.98 Å². The third-order valence-corrected chi connectivity index (χ3v) is 4.90. The Hall–Kier alpha value is -1.99. The number of hydrogen-bond donors (Lipinski definition) is 4. The molecule has 5 N–H and O–H groups in total. The van der Waals surface area contributed by atoms with Crippen LogP contribution in [-0.4, -0.2) is 38.7 Å². The summed E-state index contributed by atoms with van der Waals surface area (Å²) in [5, 5.41) is 17.5. The molecule has 7 heteroatoms. The van der Waals surface area contributed by atoms with Crippen molar-refractivity contribution in [3.63, 3.8) is 0 Å². The van der Waals surface area contributed by atoms with Crippen LogP contribution in [0.3, 0.4) is 0 Å². The van der Waals surface area contributed by atoms with Crippen LogP contribution in [0.25, 0.3) is 10.9 Å². The highest BCUT2D eigenvalue weighted by molar-refractivity contribution is 5.89. The molecule has 0 aliphatic heterocycles. The fraction of sp³-hybridized carbons (Fsp3) is 0.632. The van der Waals surface area contributed by atoms with Gasteiger partial charge < -0.3 is 21.5 Å². The number of nitrogens with one attached hydrogen (secondary N) is 2. The summed E-state index contributed by atoms with van der Waals surface area (Å²) in [5.41, 5.74) is 7.40. The zero-order valence-electron chi connectivity index (χ0n) is 15.9. The molecule has 2 heterocycles. The van der Waals surface area contributed by atoms with Gasteiger partial charge in [0, 0.05) is 24.0 Å². The number of nitrogens with zero attached hydrogens (tertiary/aromatic N) is 3. The summed E-state index contributed by atoms with van der Waals surface area (Å²) in [5.74, 6) is 1.99. The third kappa shape index (κ3) is 4.59. The van der Waals surface area contributed by atoms with E-state index in [1.165, 1.54) is 0 Å². The maximum absolute atomic E-state index is 9.86. The Balaban J connectivity index is 1.87. The second-order valence-electron chi connectivity index (χ2n) is 7.66. The van der Waals surface area contributed by atoms with E-state index in [0.29, 0.717) is 23.6 Å². The molecule has 2 aromatic rings. The molecule has 1 fully saturated rings. The van der Waals surface area contributed by atoms with E-state index in [1.54, 1.807) is 13.1 Å². The lowest BCUT2D eigenvalue weighted by molar-refractivity contribution is 0.194. The van der Waals surface area contributed by atoms with Crippen LogP contribution in [-0.2, 0) is 0 Å². The minimum absolute atomic E-state index is 0.241. The lowest BCUT2D eigenvalue weighted by Crippen LogP contribution is -2.29. The molecule has 1 atom stereocenters. The predicted octanol–water partition coefficient (Wildman–Crippen LogP) is 2.83. The van der Waals surface area contributed by atoms with Crippen LogP contribution < -0.4 is 16.4 Å². The molecule has 0 amide bonds. The first-order chi connectivity index (χ1) is 12.4. The molecular weight excluding hydrogens is 328 g/mol. The fourth-order valence-corrected chi connectivity index (χ4v) is 3.37. The molecule has 1 aliphatic rings. The average Bonchev–Trinajstić information content (AvgIpc) is 2.60. The van der Waals surface area contributed by atoms with Crippen LogP contribution >= 0.6 is 0 Å². The maximum Gasteiger partial charge on any atom is 0.225 e. The smallest absolute Gasteiger partial charge is 0.225 e. The molecule has 0 spiro atoms. The molecule has 2 aromatic heterocycles. The number of aliphatic hydroxyl groups is 1. The summed E-state index contributed by atoms with van der Waals surface area (Å²) in [6, 6.07) is 2.47. The molecular formula is C19H30N6O. The molecule has 0 radical (unpaired) electrons. The van der Waals surface area contributed by atoms with Crippen molar-refractivity contribution in [1.82, 2.24) is 15.0 Å². The van der Waals surface area contributed by atoms with Crippen molar-refractivity contribution in [3.8, 4) is 0 Å². The number of pyridine rings is 1. The second-order valence-corrected chi connectivity index (χ2v) is 7.66. The Morgan fingerprint density at radius 3 is 2.58 bits per heavy atom. The molecule has 26 heavy (non-hydrogen) atoms. The zero-order chi connectivity index (χ0) is 18.7. The summed E-state index contributed by atoms with van der Waals surface area (Å²) in [6.07, 6.45) is 5.56. The maximum atomic E-state index is 9.86. The van der Waals surface area contributed by atoms with E-state index >= 15 is 0 Å². The van der Waals surface area contributed by atoms with Crippen molar-refractivity contribution in [2.45, 2.75) is 64.6 Å². The number of aromatic nitrogens is 3. The van der Waals surface area contributed by atoms with Gasteiger partial charge >= 0.3 is 0 Å². The first-order valence-electron chi connectivity index (χ1n) is 9.54. The van der Waals surface area contributed by atoms with Crippen LogP contribution in [0.5, 0.6) is 0 Å². The van der Waals surface area contributed by atoms with Gasteiger partial charge in [-0.15, -0.1) is 0 Å². The normalized spacial score (nSPS) is 21.8. The van der Waals surface area contributed by atoms with Gasteiger partial charge in [0.1, 0.15) is 5.82 Å². The standard InChI is InChI=1S/C19H30N6O/c1-11(2)23-19-24-17-10-21-16(12(3)26)8-15(17)18(25-19)22-9-13-4-6-14(20)7-5-13/h8,10-14,26H,4-7,9,20H2,1-3H3,(H2,22,23,24,25)/t12-,13?,14?/m1/s1. The third-order valence-electron chi connectivity index (χ3n) is 4.90. The van der Waals surface area contributed by atoms with Gasteiger partial charge in [-0.1, -0.05) is 0 Å². The highest BCUT2D eigenvalue weighted by Gasteiger charge is 2.19. The minimum Gasteiger partial charge on any atom is -0.387 e. The number of fused-ring (bicyclic) bond motifs is 1. The van der Waals surface area contributed by atoms with Gasteiger partial charge in [0.15, 0.2) is 0 Å². The number of aliphatic hydroxyl groups excluding tert-OH is 1. The van der Waals surface area contributed by atoms with E-state index in [-0.39, 0.29) is 6.04 Å². The van der Waals surface area contributed by atoms with Gasteiger partial charge in [-0.05, 0) is 58.4 Å². The van der Waals surface area contributed by atoms with E-state index in [0.717, 1.165) is 48.9 Å². The SMILES string of the molecule is CC(C)Nc1nc(NCC2CCC(N)CC2)c2cc([C@@H](C)O)ncc2n1. The largest absolute Gasteiger partial charge is 0.387 e. The summed E-state index contributed by atoms with van der Waals surface area (Å²) in [4.78, 5) is 13.5. The topological polar surface area (TPSA) is 109 Å². The first kappa shape index (κ1) is 18.8. The molecule has 0 bridgehead atoms. The average molecular weight is 358 g/mol. The predicted molar refractivity (Wildman–Crippen MR) is 105 cm³/mol. The van der Waals surface area contributed by atoms with Crippen LogP contribution in [0.15, 0.2) is 12.3 Å². The van der Waals surface area contributed by atoms with E-state index < -0.39 is 6.10 Å². The molecule has 0 saturated heterocycles. The van der Waals surface area contributed by atoms with Crippen LogP contribution in [0, 0.1) is 5.92 Å². The Kier molecular flexibility index (Phi) is 5.88. The first-order valence-corrected chi connectivity index (χ1v) is 9.54. The number of hydrogen-bond acceptors (Lipinski definition) is 7. The van der Waals surface area contributed by atoms with E-state index in [9.17, 15) is 5.11 Å². The van der Waals surface area contributed by atoms with Gasteiger partial charge in [0.25, 0.3) is 0 Å². The van der Waals surface area contributed by atoms with Gasteiger partial charge in [0.2, 0.25) is 5.95 Å². The van der Waals surface area contributed by atoms with Crippen molar-refractivity contribution in [3.05, 3.63) is 18.0 Å². The second kappa shape index (κ2) is 8.14. The van der Waals surface area contributed by atoms with Gasteiger partial charge in [-0.2, -0.15) is 4.98 Å². The molecule has 1 saturated carbocycles. The quantitative estimate of drug-likeness (QED) is 0.628. The highest BCUT2D eigenvalue weighted by Crippen LogP contribution is 2.27. The number of anilines is 2. The fourth-order valence-electron chi connectivity index (χ4n) is 3.37. The van der Waals surface area contributed by atoms with E-state index in [4.69, 9.17) is 5.73 Å². The van der Waals surface area contributed by atoms with E-state index in [2.05, 4.69) is 39.4 Å². The lowest BCUT2D eigenvalue weighted by atomic mass is 9.86. The van der Waals surface area contributed by atoms with Crippen LogP contribution in [0.1, 0.15) is 58.3 Å². The molecule has 142 valence electrons. The Labute approximate surface area is 154 Å². The van der Waals surface area contributed by atoms with E-state index in [1.807, 2.05) is 6.07 Å². The Morgan fingerprint density at radius 2 is 1.92 bits per heavy atom. The van der Waals surface area contributed by atoms with Crippen LogP contribution in [0.4, 0.5) is 11.8 Å². The van der Waals surface area contributed by atoms with Crippen LogP contribution in [0.2, 0.25) is 0 Å². The Morgan fingerprint density at radius 1 is 1.19 bits per heavy atom. The summed E-state index contributed by atoms with van der Waals surface area (Å²) >= 11 is 0. The van der Waals surface area contributed by atoms with Crippen molar-refractivity contribution >= 4 is 22.7 Å². The molecule has 3 rings (SSSR count). The lowest BCUT2D eigenvalue weighted by Gasteiger charge is -2.26. The molecule has 1 aliphatic carbocycles. The molecule has 0 aromatic carbocycles. The Bertz CT molecular complexity index is 740. The molecule has 7 nitrogen and oxygen atoms in total. The monoisotopic (exact) mass is 358 g/mol. The van der Waals surface area contributed by atoms with Gasteiger partial charge in [0.05, 0.1) is 23.5 Å².